The maximum Gasteiger partial charge on any atom is 0.265 e. The molecule has 0 bridgehead atoms. The molecule has 1 aliphatic heterocycles. The van der Waals surface area contributed by atoms with E-state index >= 15 is 0 Å². The van der Waals surface area contributed by atoms with Crippen molar-refractivity contribution in [3.05, 3.63) is 52.9 Å². The molecule has 2 aromatic rings. The topological polar surface area (TPSA) is 83.4 Å². The number of anilines is 1. The van der Waals surface area contributed by atoms with Crippen LogP contribution in [0.2, 0.25) is 0 Å². The van der Waals surface area contributed by atoms with Crippen LogP contribution in [0.25, 0.3) is 11.8 Å². The molecule has 1 fully saturated rings. The molecule has 8 heteroatoms. The summed E-state index contributed by atoms with van der Waals surface area (Å²) >= 11 is 5.06. The van der Waals surface area contributed by atoms with E-state index in [1.807, 2.05) is 48.7 Å². The van der Waals surface area contributed by atoms with Crippen LogP contribution in [0.4, 0.5) is 5.69 Å². The van der Waals surface area contributed by atoms with Gasteiger partial charge in [0.25, 0.3) is 11.8 Å². The van der Waals surface area contributed by atoms with Crippen LogP contribution in [-0.4, -0.2) is 38.8 Å². The van der Waals surface area contributed by atoms with E-state index in [0.717, 1.165) is 22.6 Å². The minimum absolute atomic E-state index is 0.0571. The lowest BCUT2D eigenvalue weighted by molar-refractivity contribution is -0.128. The lowest BCUT2D eigenvalue weighted by Crippen LogP contribution is -2.53. The average molecular weight is 410 g/mol. The summed E-state index contributed by atoms with van der Waals surface area (Å²) < 4.78 is 2.03. The van der Waals surface area contributed by atoms with Crippen molar-refractivity contribution in [2.24, 2.45) is 0 Å². The van der Waals surface area contributed by atoms with Crippen LogP contribution < -0.4 is 10.6 Å². The Morgan fingerprint density at radius 3 is 2.45 bits per heavy atom. The third-order valence-corrected chi connectivity index (χ3v) is 5.04. The summed E-state index contributed by atoms with van der Waals surface area (Å²) in [5, 5.41) is 5.43. The second-order valence-corrected chi connectivity index (χ2v) is 7.14. The first-order valence-electron chi connectivity index (χ1n) is 9.18. The number of aromatic nitrogens is 1. The summed E-state index contributed by atoms with van der Waals surface area (Å²) in [7, 11) is 0. The number of rotatable bonds is 4. The number of thiocarbonyl (C=S) groups is 1. The molecular weight excluding hydrogens is 388 g/mol. The number of nitrogens with one attached hydrogen (secondary N) is 2. The highest BCUT2D eigenvalue weighted by Crippen LogP contribution is 2.25. The zero-order valence-corrected chi connectivity index (χ0v) is 17.5. The van der Waals surface area contributed by atoms with E-state index in [4.69, 9.17) is 12.2 Å². The van der Waals surface area contributed by atoms with Gasteiger partial charge < -0.3 is 9.88 Å². The van der Waals surface area contributed by atoms with Gasteiger partial charge in [-0.25, -0.2) is 0 Å². The van der Waals surface area contributed by atoms with Gasteiger partial charge in [0.05, 0.1) is 0 Å². The molecule has 0 radical (unpaired) electrons. The van der Waals surface area contributed by atoms with Gasteiger partial charge in [0.2, 0.25) is 5.91 Å². The van der Waals surface area contributed by atoms with Gasteiger partial charge in [-0.3, -0.25) is 24.6 Å². The van der Waals surface area contributed by atoms with Crippen LogP contribution in [0.3, 0.4) is 0 Å². The van der Waals surface area contributed by atoms with Gasteiger partial charge in [-0.05, 0) is 75.0 Å². The number of benzene rings is 1. The predicted octanol–water partition coefficient (Wildman–Crippen LogP) is 2.70. The first kappa shape index (κ1) is 20.5. The van der Waals surface area contributed by atoms with Crippen molar-refractivity contribution in [1.29, 1.82) is 0 Å². The number of carbonyl (C=O) groups excluding carboxylic acids is 3. The van der Waals surface area contributed by atoms with Crippen molar-refractivity contribution in [2.45, 2.75) is 27.7 Å². The Morgan fingerprint density at radius 2 is 1.86 bits per heavy atom. The summed E-state index contributed by atoms with van der Waals surface area (Å²) in [6, 6.07) is 9.38. The zero-order valence-electron chi connectivity index (χ0n) is 16.7. The summed E-state index contributed by atoms with van der Waals surface area (Å²) in [5.41, 5.74) is 4.30. The molecule has 1 aliphatic rings. The van der Waals surface area contributed by atoms with Gasteiger partial charge in [-0.1, -0.05) is 0 Å². The average Bonchev–Trinajstić information content (AvgIpc) is 2.92. The molecule has 2 N–H and O–H groups in total. The van der Waals surface area contributed by atoms with Crippen LogP contribution in [-0.2, 0) is 14.4 Å². The lowest BCUT2D eigenvalue weighted by Gasteiger charge is -2.27. The molecule has 3 rings (SSSR count). The Balaban J connectivity index is 1.98. The van der Waals surface area contributed by atoms with Gasteiger partial charge in [0.1, 0.15) is 5.57 Å². The maximum atomic E-state index is 12.6. The number of carbonyl (C=O) groups is 3. The van der Waals surface area contributed by atoms with Crippen LogP contribution in [0, 0.1) is 13.8 Å². The predicted molar refractivity (Wildman–Crippen MR) is 116 cm³/mol. The van der Waals surface area contributed by atoms with Crippen LogP contribution in [0.15, 0.2) is 35.9 Å². The molecule has 150 valence electrons. The molecular formula is C21H22N4O3S. The fourth-order valence-corrected chi connectivity index (χ4v) is 3.67. The third kappa shape index (κ3) is 3.97. The second-order valence-electron chi connectivity index (χ2n) is 6.76. The van der Waals surface area contributed by atoms with Crippen LogP contribution in [0.1, 0.15) is 30.8 Å². The van der Waals surface area contributed by atoms with Gasteiger partial charge in [0, 0.05) is 36.2 Å². The molecule has 0 saturated carbocycles. The number of hydrogen-bond acceptors (Lipinski definition) is 4. The van der Waals surface area contributed by atoms with Crippen molar-refractivity contribution in [3.8, 4) is 5.69 Å². The van der Waals surface area contributed by atoms with Crippen molar-refractivity contribution in [2.75, 3.05) is 11.9 Å². The van der Waals surface area contributed by atoms with E-state index < -0.39 is 11.8 Å². The Labute approximate surface area is 174 Å². The number of hydrogen-bond donors (Lipinski definition) is 2. The first-order chi connectivity index (χ1) is 13.7. The maximum absolute atomic E-state index is 12.6. The fraction of sp³-hybridized carbons (Fsp3) is 0.238. The van der Waals surface area contributed by atoms with E-state index in [0.29, 0.717) is 12.2 Å². The van der Waals surface area contributed by atoms with E-state index in [2.05, 4.69) is 10.6 Å². The molecule has 1 aromatic heterocycles. The summed E-state index contributed by atoms with van der Waals surface area (Å²) in [4.78, 5) is 37.5. The molecule has 1 aromatic carbocycles. The normalized spacial score (nSPS) is 15.7. The summed E-state index contributed by atoms with van der Waals surface area (Å²) in [5.74, 6) is -1.02. The van der Waals surface area contributed by atoms with Gasteiger partial charge >= 0.3 is 0 Å². The molecule has 7 nitrogen and oxygen atoms in total. The van der Waals surface area contributed by atoms with Gasteiger partial charge in [-0.15, -0.1) is 0 Å². The SMILES string of the molecule is CCN1C(=O)/C(=C/c2cc(C)n(-c3ccc(NC(C)=O)cc3)c2C)C(=O)NC1=S. The Kier molecular flexibility index (Phi) is 5.65. The van der Waals surface area contributed by atoms with Crippen LogP contribution in [0.5, 0.6) is 0 Å². The first-order valence-corrected chi connectivity index (χ1v) is 9.59. The van der Waals surface area contributed by atoms with E-state index in [1.54, 1.807) is 13.0 Å². The van der Waals surface area contributed by atoms with Crippen molar-refractivity contribution >= 4 is 46.8 Å². The monoisotopic (exact) mass is 410 g/mol. The number of amides is 3. The van der Waals surface area contributed by atoms with E-state index in [9.17, 15) is 14.4 Å². The largest absolute Gasteiger partial charge is 0.326 e. The highest BCUT2D eigenvalue weighted by Gasteiger charge is 2.32. The molecule has 2 heterocycles. The molecule has 0 atom stereocenters. The molecule has 0 aliphatic carbocycles. The Morgan fingerprint density at radius 1 is 1.21 bits per heavy atom. The standard InChI is InChI=1S/C21H22N4O3S/c1-5-24-20(28)18(19(27)23-21(24)29)11-15-10-12(2)25(13(15)3)17-8-6-16(7-9-17)22-14(4)26/h6-11H,5H2,1-4H3,(H,22,26)(H,23,27,29)/b18-11+. The molecule has 1 saturated heterocycles. The fourth-order valence-electron chi connectivity index (χ4n) is 3.36. The third-order valence-electron chi connectivity index (χ3n) is 4.72. The number of likely N-dealkylation sites (N-methyl/N-ethyl adjacent to an activating group) is 1. The minimum atomic E-state index is -0.492. The smallest absolute Gasteiger partial charge is 0.265 e. The van der Waals surface area contributed by atoms with E-state index in [-0.39, 0.29) is 16.6 Å². The molecule has 0 spiro atoms. The lowest BCUT2D eigenvalue weighted by atomic mass is 10.1. The number of nitrogens with zero attached hydrogens (tertiary/aromatic N) is 2. The zero-order chi connectivity index (χ0) is 21.3. The molecule has 29 heavy (non-hydrogen) atoms. The molecule has 0 unspecified atom stereocenters. The quantitative estimate of drug-likeness (QED) is 0.461. The minimum Gasteiger partial charge on any atom is -0.326 e. The van der Waals surface area contributed by atoms with Crippen molar-refractivity contribution in [3.63, 3.8) is 0 Å². The Hall–Kier alpha value is -3.26. The van der Waals surface area contributed by atoms with Gasteiger partial charge in [0.15, 0.2) is 5.11 Å². The van der Waals surface area contributed by atoms with Crippen molar-refractivity contribution in [1.82, 2.24) is 14.8 Å². The summed E-state index contributed by atoms with van der Waals surface area (Å²) in [6.07, 6.45) is 1.60. The highest BCUT2D eigenvalue weighted by molar-refractivity contribution is 7.80. The second kappa shape index (κ2) is 8.00. The van der Waals surface area contributed by atoms with E-state index in [1.165, 1.54) is 11.8 Å². The van der Waals surface area contributed by atoms with Crippen LogP contribution >= 0.6 is 12.2 Å². The summed E-state index contributed by atoms with van der Waals surface area (Å²) in [6.45, 7) is 7.52. The number of aryl methyl sites for hydroxylation is 1. The Bertz CT molecular complexity index is 1050. The van der Waals surface area contributed by atoms with Gasteiger partial charge in [-0.2, -0.15) is 0 Å². The van der Waals surface area contributed by atoms with Crippen molar-refractivity contribution < 1.29 is 14.4 Å². The molecule has 3 amide bonds. The highest BCUT2D eigenvalue weighted by atomic mass is 32.1.